The molecule has 32 heavy (non-hydrogen) atoms. The van der Waals surface area contributed by atoms with Gasteiger partial charge in [-0.2, -0.15) is 0 Å². The van der Waals surface area contributed by atoms with E-state index in [2.05, 4.69) is 0 Å². The number of benzene rings is 2. The van der Waals surface area contributed by atoms with Crippen LogP contribution in [-0.2, 0) is 22.4 Å². The number of rotatable bonds is 8. The second-order valence-electron chi connectivity index (χ2n) is 6.89. The van der Waals surface area contributed by atoms with Crippen LogP contribution in [0.4, 0.5) is 0 Å². The summed E-state index contributed by atoms with van der Waals surface area (Å²) in [6, 6.07) is 9.24. The van der Waals surface area contributed by atoms with Crippen molar-refractivity contribution in [2.75, 3.05) is 0 Å². The monoisotopic (exact) mass is 442 g/mol. The minimum atomic E-state index is -1.37. The SMILES string of the molecule is CCCc1ccc(C(=O)NN)c(OC(=O)C(=O)Oc2cc(CCC)ccc2C(=O)NN)c1. The Kier molecular flexibility index (Phi) is 8.87. The molecule has 2 aromatic carbocycles. The Bertz CT molecular complexity index is 940. The molecule has 2 rings (SSSR count). The zero-order chi connectivity index (χ0) is 23.7. The van der Waals surface area contributed by atoms with Gasteiger partial charge >= 0.3 is 11.9 Å². The van der Waals surface area contributed by atoms with Crippen LogP contribution >= 0.6 is 0 Å². The predicted octanol–water partition coefficient (Wildman–Crippen LogP) is 1.31. The van der Waals surface area contributed by atoms with Crippen LogP contribution in [0.25, 0.3) is 0 Å². The van der Waals surface area contributed by atoms with Crippen molar-refractivity contribution in [1.29, 1.82) is 0 Å². The fourth-order valence-electron chi connectivity index (χ4n) is 3.00. The summed E-state index contributed by atoms with van der Waals surface area (Å²) in [5.74, 6) is 5.95. The summed E-state index contributed by atoms with van der Waals surface area (Å²) in [6.45, 7) is 3.93. The van der Waals surface area contributed by atoms with Gasteiger partial charge in [-0.05, 0) is 48.2 Å². The Labute approximate surface area is 185 Å². The number of amides is 2. The molecule has 10 heteroatoms. The number of hydrogen-bond acceptors (Lipinski definition) is 8. The third-order valence-electron chi connectivity index (χ3n) is 4.49. The van der Waals surface area contributed by atoms with E-state index in [1.807, 2.05) is 24.7 Å². The van der Waals surface area contributed by atoms with E-state index in [1.54, 1.807) is 12.1 Å². The number of hydrogen-bond donors (Lipinski definition) is 4. The lowest BCUT2D eigenvalue weighted by molar-refractivity contribution is -0.156. The van der Waals surface area contributed by atoms with Crippen LogP contribution in [0.5, 0.6) is 11.5 Å². The lowest BCUT2D eigenvalue weighted by Gasteiger charge is -2.12. The molecule has 170 valence electrons. The maximum Gasteiger partial charge on any atom is 0.423 e. The van der Waals surface area contributed by atoms with Crippen molar-refractivity contribution in [3.05, 3.63) is 58.7 Å². The zero-order valence-electron chi connectivity index (χ0n) is 17.9. The van der Waals surface area contributed by atoms with Crippen molar-refractivity contribution >= 4 is 23.8 Å². The maximum atomic E-state index is 12.4. The summed E-state index contributed by atoms with van der Waals surface area (Å²) >= 11 is 0. The molecule has 0 unspecified atom stereocenters. The zero-order valence-corrected chi connectivity index (χ0v) is 17.9. The summed E-state index contributed by atoms with van der Waals surface area (Å²) in [5.41, 5.74) is 5.46. The Balaban J connectivity index is 2.29. The van der Waals surface area contributed by atoms with Crippen molar-refractivity contribution in [2.24, 2.45) is 11.7 Å². The van der Waals surface area contributed by atoms with Crippen molar-refractivity contribution < 1.29 is 28.7 Å². The summed E-state index contributed by atoms with van der Waals surface area (Å²) in [4.78, 5) is 48.8. The van der Waals surface area contributed by atoms with Gasteiger partial charge in [-0.1, -0.05) is 38.8 Å². The number of carbonyl (C=O) groups excluding carboxylic acids is 4. The Morgan fingerprint density at radius 1 is 0.719 bits per heavy atom. The molecule has 0 saturated heterocycles. The number of nitrogen functional groups attached to an aromatic ring is 2. The average molecular weight is 442 g/mol. The minimum absolute atomic E-state index is 0.0263. The lowest BCUT2D eigenvalue weighted by Crippen LogP contribution is -2.32. The predicted molar refractivity (Wildman–Crippen MR) is 115 cm³/mol. The molecule has 6 N–H and O–H groups in total. The summed E-state index contributed by atoms with van der Waals surface area (Å²) in [6.07, 6.45) is 2.97. The molecule has 0 saturated carbocycles. The second-order valence-corrected chi connectivity index (χ2v) is 6.89. The number of esters is 2. The topological polar surface area (TPSA) is 163 Å². The first-order valence-electron chi connectivity index (χ1n) is 10.1. The summed E-state index contributed by atoms with van der Waals surface area (Å²) in [5, 5.41) is 0. The number of carbonyl (C=O) groups is 4. The number of ether oxygens (including phenoxy) is 2. The van der Waals surface area contributed by atoms with Crippen LogP contribution < -0.4 is 32.0 Å². The highest BCUT2D eigenvalue weighted by molar-refractivity contribution is 6.31. The molecule has 0 aliphatic rings. The van der Waals surface area contributed by atoms with Crippen LogP contribution in [0, 0.1) is 0 Å². The molecule has 2 amide bonds. The highest BCUT2D eigenvalue weighted by Crippen LogP contribution is 2.24. The van der Waals surface area contributed by atoms with Gasteiger partial charge in [0.1, 0.15) is 11.5 Å². The number of hydrazine groups is 2. The van der Waals surface area contributed by atoms with Gasteiger partial charge in [0.05, 0.1) is 11.1 Å². The first-order valence-corrected chi connectivity index (χ1v) is 10.1. The van der Waals surface area contributed by atoms with E-state index in [-0.39, 0.29) is 22.6 Å². The van der Waals surface area contributed by atoms with Gasteiger partial charge < -0.3 is 9.47 Å². The molecule has 0 atom stereocenters. The summed E-state index contributed by atoms with van der Waals surface area (Å²) in [7, 11) is 0. The van der Waals surface area contributed by atoms with Gasteiger partial charge in [-0.15, -0.1) is 0 Å². The number of aryl methyl sites for hydroxylation is 2. The molecular weight excluding hydrogens is 416 g/mol. The van der Waals surface area contributed by atoms with E-state index in [1.165, 1.54) is 24.3 Å². The number of nitrogens with two attached hydrogens (primary N) is 2. The molecule has 2 aromatic rings. The van der Waals surface area contributed by atoms with Gasteiger partial charge in [0, 0.05) is 0 Å². The third kappa shape index (κ3) is 6.13. The van der Waals surface area contributed by atoms with Crippen LogP contribution in [-0.4, -0.2) is 23.8 Å². The molecule has 0 heterocycles. The molecule has 0 aliphatic carbocycles. The fourth-order valence-corrected chi connectivity index (χ4v) is 3.00. The molecule has 0 bridgehead atoms. The molecule has 0 spiro atoms. The van der Waals surface area contributed by atoms with Crippen LogP contribution in [0.1, 0.15) is 58.5 Å². The van der Waals surface area contributed by atoms with E-state index in [4.69, 9.17) is 21.2 Å². The third-order valence-corrected chi connectivity index (χ3v) is 4.49. The normalized spacial score (nSPS) is 10.2. The largest absolute Gasteiger partial charge is 0.423 e. The highest BCUT2D eigenvalue weighted by Gasteiger charge is 2.25. The number of nitrogens with one attached hydrogen (secondary N) is 2. The Morgan fingerprint density at radius 3 is 1.41 bits per heavy atom. The molecule has 0 fully saturated rings. The average Bonchev–Trinajstić information content (AvgIpc) is 2.79. The van der Waals surface area contributed by atoms with E-state index in [0.717, 1.165) is 24.0 Å². The standard InChI is InChI=1S/C22H26N4O6/c1-3-5-13-7-9-15(19(27)25-23)17(11-13)31-21(29)22(30)32-18-12-14(6-4-2)8-10-16(18)20(28)26-24/h7-12H,3-6,23-24H2,1-2H3,(H,25,27)(H,26,28). The second kappa shape index (κ2) is 11.6. The van der Waals surface area contributed by atoms with E-state index in [0.29, 0.717) is 12.8 Å². The van der Waals surface area contributed by atoms with Crippen molar-refractivity contribution in [2.45, 2.75) is 39.5 Å². The lowest BCUT2D eigenvalue weighted by atomic mass is 10.1. The van der Waals surface area contributed by atoms with E-state index >= 15 is 0 Å². The minimum Gasteiger partial charge on any atom is -0.417 e. The van der Waals surface area contributed by atoms with Crippen molar-refractivity contribution in [1.82, 2.24) is 10.9 Å². The van der Waals surface area contributed by atoms with E-state index < -0.39 is 23.8 Å². The van der Waals surface area contributed by atoms with Gasteiger partial charge in [-0.3, -0.25) is 20.4 Å². The Morgan fingerprint density at radius 2 is 1.09 bits per heavy atom. The first-order chi connectivity index (χ1) is 15.3. The summed E-state index contributed by atoms with van der Waals surface area (Å²) < 4.78 is 10.3. The molecular formula is C22H26N4O6. The quantitative estimate of drug-likeness (QED) is 0.119. The Hall–Kier alpha value is -3.76. The van der Waals surface area contributed by atoms with Crippen LogP contribution in [0.3, 0.4) is 0 Å². The fraction of sp³-hybridized carbons (Fsp3) is 0.273. The van der Waals surface area contributed by atoms with Gasteiger partial charge in [0.2, 0.25) is 0 Å². The highest BCUT2D eigenvalue weighted by atomic mass is 16.6. The van der Waals surface area contributed by atoms with Gasteiger partial charge in [-0.25, -0.2) is 21.3 Å². The molecule has 0 radical (unpaired) electrons. The smallest absolute Gasteiger partial charge is 0.417 e. The van der Waals surface area contributed by atoms with Gasteiger partial charge in [0.25, 0.3) is 11.8 Å². The maximum absolute atomic E-state index is 12.4. The van der Waals surface area contributed by atoms with Crippen molar-refractivity contribution in [3.8, 4) is 11.5 Å². The molecule has 10 nitrogen and oxygen atoms in total. The van der Waals surface area contributed by atoms with E-state index in [9.17, 15) is 19.2 Å². The molecule has 0 aliphatic heterocycles. The van der Waals surface area contributed by atoms with Gasteiger partial charge in [0.15, 0.2) is 0 Å². The van der Waals surface area contributed by atoms with Crippen molar-refractivity contribution in [3.63, 3.8) is 0 Å². The van der Waals surface area contributed by atoms with Crippen LogP contribution in [0.2, 0.25) is 0 Å². The molecule has 0 aromatic heterocycles. The van der Waals surface area contributed by atoms with Crippen LogP contribution in [0.15, 0.2) is 36.4 Å². The first kappa shape index (κ1) is 24.5.